The molecule has 1 N–H and O–H groups in total. The fraction of sp³-hybridized carbons (Fsp3) is 0.529. The van der Waals surface area contributed by atoms with Gasteiger partial charge in [0.2, 0.25) is 0 Å². The number of likely N-dealkylation sites (tertiary alicyclic amines) is 1. The number of aliphatic carboxylic acids is 1. The van der Waals surface area contributed by atoms with E-state index in [1.807, 2.05) is 0 Å². The first-order valence-electron chi connectivity index (χ1n) is 7.62. The maximum absolute atomic E-state index is 13.1. The van der Waals surface area contributed by atoms with Crippen LogP contribution in [0, 0.1) is 11.7 Å². The van der Waals surface area contributed by atoms with E-state index in [0.717, 1.165) is 5.56 Å². The van der Waals surface area contributed by atoms with Crippen molar-refractivity contribution in [2.24, 2.45) is 5.92 Å². The molecule has 0 saturated carbocycles. The Balaban J connectivity index is 2.18. The van der Waals surface area contributed by atoms with E-state index >= 15 is 0 Å². The van der Waals surface area contributed by atoms with Crippen molar-refractivity contribution >= 4 is 12.1 Å². The number of benzene rings is 1. The third-order valence-corrected chi connectivity index (χ3v) is 3.79. The highest BCUT2D eigenvalue weighted by atomic mass is 19.1. The highest BCUT2D eigenvalue weighted by Gasteiger charge is 2.36. The van der Waals surface area contributed by atoms with Crippen molar-refractivity contribution < 1.29 is 23.8 Å². The van der Waals surface area contributed by atoms with Gasteiger partial charge in [0.1, 0.15) is 11.4 Å². The summed E-state index contributed by atoms with van der Waals surface area (Å²) in [4.78, 5) is 25.1. The number of amides is 1. The smallest absolute Gasteiger partial charge is 0.410 e. The number of halogens is 1. The van der Waals surface area contributed by atoms with Gasteiger partial charge in [0.15, 0.2) is 0 Å². The lowest BCUT2D eigenvalue weighted by Gasteiger charge is -2.37. The van der Waals surface area contributed by atoms with Gasteiger partial charge in [0.25, 0.3) is 0 Å². The second-order valence-corrected chi connectivity index (χ2v) is 6.90. The van der Waals surface area contributed by atoms with Crippen molar-refractivity contribution in [1.82, 2.24) is 4.90 Å². The molecule has 1 aliphatic heterocycles. The Morgan fingerprint density at radius 2 is 1.83 bits per heavy atom. The van der Waals surface area contributed by atoms with Gasteiger partial charge in [0, 0.05) is 19.0 Å². The standard InChI is InChI=1S/C17H22FNO4/c1-17(2,3)23-16(22)19-9-12(8-13(10-19)15(20)21)11-4-6-14(18)7-5-11/h4-7,12-13H,8-10H2,1-3H3,(H,20,21). The van der Waals surface area contributed by atoms with Gasteiger partial charge in [-0.15, -0.1) is 0 Å². The topological polar surface area (TPSA) is 66.8 Å². The summed E-state index contributed by atoms with van der Waals surface area (Å²) in [6.07, 6.45) is -0.101. The number of rotatable bonds is 2. The van der Waals surface area contributed by atoms with Crippen molar-refractivity contribution in [3.8, 4) is 0 Å². The molecule has 1 saturated heterocycles. The van der Waals surface area contributed by atoms with Gasteiger partial charge >= 0.3 is 12.1 Å². The van der Waals surface area contributed by atoms with Crippen LogP contribution in [0.1, 0.15) is 38.7 Å². The molecular weight excluding hydrogens is 301 g/mol. The Morgan fingerprint density at radius 3 is 2.35 bits per heavy atom. The number of nitrogens with zero attached hydrogens (tertiary/aromatic N) is 1. The SMILES string of the molecule is CC(C)(C)OC(=O)N1CC(C(=O)O)CC(c2ccc(F)cc2)C1. The predicted octanol–water partition coefficient (Wildman–Crippen LogP) is 3.25. The highest BCUT2D eigenvalue weighted by Crippen LogP contribution is 2.31. The largest absolute Gasteiger partial charge is 0.481 e. The summed E-state index contributed by atoms with van der Waals surface area (Å²) >= 11 is 0. The van der Waals surface area contributed by atoms with Gasteiger partial charge in [0.05, 0.1) is 5.92 Å². The Bertz CT molecular complexity index is 579. The van der Waals surface area contributed by atoms with Gasteiger partial charge < -0.3 is 14.7 Å². The second kappa shape index (κ2) is 6.56. The van der Waals surface area contributed by atoms with Crippen LogP contribution in [0.3, 0.4) is 0 Å². The quantitative estimate of drug-likeness (QED) is 0.907. The van der Waals surface area contributed by atoms with Crippen LogP contribution in [0.25, 0.3) is 0 Å². The lowest BCUT2D eigenvalue weighted by Crippen LogP contribution is -2.47. The zero-order chi connectivity index (χ0) is 17.2. The fourth-order valence-electron chi connectivity index (χ4n) is 2.73. The minimum Gasteiger partial charge on any atom is -0.481 e. The summed E-state index contributed by atoms with van der Waals surface area (Å²) in [5, 5.41) is 9.34. The van der Waals surface area contributed by atoms with E-state index in [4.69, 9.17) is 4.74 Å². The molecule has 0 aliphatic carbocycles. The summed E-state index contributed by atoms with van der Waals surface area (Å²) in [7, 11) is 0. The van der Waals surface area contributed by atoms with Crippen molar-refractivity contribution in [3.05, 3.63) is 35.6 Å². The molecule has 0 bridgehead atoms. The van der Waals surface area contributed by atoms with Crippen molar-refractivity contribution in [3.63, 3.8) is 0 Å². The molecule has 0 aromatic heterocycles. The van der Waals surface area contributed by atoms with Gasteiger partial charge in [-0.1, -0.05) is 12.1 Å². The predicted molar refractivity (Wildman–Crippen MR) is 82.7 cm³/mol. The van der Waals surface area contributed by atoms with Crippen LogP contribution in [0.5, 0.6) is 0 Å². The van der Waals surface area contributed by atoms with Crippen LogP contribution in [-0.4, -0.2) is 40.8 Å². The maximum atomic E-state index is 13.1. The van der Waals surface area contributed by atoms with E-state index < -0.39 is 23.6 Å². The van der Waals surface area contributed by atoms with E-state index in [1.165, 1.54) is 17.0 Å². The molecule has 1 heterocycles. The van der Waals surface area contributed by atoms with E-state index in [1.54, 1.807) is 32.9 Å². The monoisotopic (exact) mass is 323 g/mol. The van der Waals surface area contributed by atoms with Crippen LogP contribution >= 0.6 is 0 Å². The van der Waals surface area contributed by atoms with E-state index in [0.29, 0.717) is 13.0 Å². The molecule has 2 atom stereocenters. The van der Waals surface area contributed by atoms with Crippen LogP contribution in [0.4, 0.5) is 9.18 Å². The first-order valence-corrected chi connectivity index (χ1v) is 7.62. The molecule has 1 fully saturated rings. The molecule has 6 heteroatoms. The summed E-state index contributed by atoms with van der Waals surface area (Å²) in [6, 6.07) is 5.96. The molecule has 5 nitrogen and oxygen atoms in total. The molecule has 2 rings (SSSR count). The molecule has 1 aromatic rings. The highest BCUT2D eigenvalue weighted by molar-refractivity contribution is 5.73. The van der Waals surface area contributed by atoms with E-state index in [-0.39, 0.29) is 18.3 Å². The van der Waals surface area contributed by atoms with E-state index in [2.05, 4.69) is 0 Å². The van der Waals surface area contributed by atoms with Gasteiger partial charge in [-0.25, -0.2) is 9.18 Å². The second-order valence-electron chi connectivity index (χ2n) is 6.90. The molecule has 126 valence electrons. The van der Waals surface area contributed by atoms with Crippen LogP contribution in [0.15, 0.2) is 24.3 Å². The van der Waals surface area contributed by atoms with E-state index in [9.17, 15) is 19.1 Å². The number of carbonyl (C=O) groups is 2. The number of ether oxygens (including phenoxy) is 1. The first kappa shape index (κ1) is 17.2. The average molecular weight is 323 g/mol. The zero-order valence-electron chi connectivity index (χ0n) is 13.6. The molecule has 0 radical (unpaired) electrons. The molecule has 0 spiro atoms. The Labute approximate surface area is 135 Å². The van der Waals surface area contributed by atoms with Gasteiger partial charge in [-0.2, -0.15) is 0 Å². The Hall–Kier alpha value is -2.11. The number of piperidine rings is 1. The molecule has 1 aromatic carbocycles. The van der Waals surface area contributed by atoms with Crippen LogP contribution < -0.4 is 0 Å². The summed E-state index contributed by atoms with van der Waals surface area (Å²) in [5.74, 6) is -2.10. The number of carboxylic acids is 1. The lowest BCUT2D eigenvalue weighted by molar-refractivity contribution is -0.143. The lowest BCUT2D eigenvalue weighted by atomic mass is 9.84. The average Bonchev–Trinajstić information content (AvgIpc) is 2.45. The summed E-state index contributed by atoms with van der Waals surface area (Å²) in [6.45, 7) is 5.79. The molecule has 1 amide bonds. The number of hydrogen-bond acceptors (Lipinski definition) is 3. The third kappa shape index (κ3) is 4.68. The number of carbonyl (C=O) groups excluding carboxylic acids is 1. The van der Waals surface area contributed by atoms with Gasteiger partial charge in [-0.3, -0.25) is 4.79 Å². The van der Waals surface area contributed by atoms with Gasteiger partial charge in [-0.05, 0) is 44.9 Å². The fourth-order valence-corrected chi connectivity index (χ4v) is 2.73. The molecule has 1 aliphatic rings. The van der Waals surface area contributed by atoms with Crippen molar-refractivity contribution in [2.75, 3.05) is 13.1 Å². The van der Waals surface area contributed by atoms with Crippen LogP contribution in [-0.2, 0) is 9.53 Å². The zero-order valence-corrected chi connectivity index (χ0v) is 13.6. The molecular formula is C17H22FNO4. The Kier molecular flexibility index (Phi) is 4.92. The number of carboxylic acid groups (broad SMARTS) is 1. The molecule has 23 heavy (non-hydrogen) atoms. The van der Waals surface area contributed by atoms with Crippen molar-refractivity contribution in [1.29, 1.82) is 0 Å². The Morgan fingerprint density at radius 1 is 1.22 bits per heavy atom. The number of hydrogen-bond donors (Lipinski definition) is 1. The minimum atomic E-state index is -0.939. The molecule has 2 unspecified atom stereocenters. The minimum absolute atomic E-state index is 0.127. The van der Waals surface area contributed by atoms with Crippen molar-refractivity contribution in [2.45, 2.75) is 38.7 Å². The summed E-state index contributed by atoms with van der Waals surface area (Å²) in [5.41, 5.74) is 0.185. The third-order valence-electron chi connectivity index (χ3n) is 3.79. The maximum Gasteiger partial charge on any atom is 0.410 e. The normalized spacial score (nSPS) is 21.8. The summed E-state index contributed by atoms with van der Waals surface area (Å²) < 4.78 is 18.4. The van der Waals surface area contributed by atoms with Crippen LogP contribution in [0.2, 0.25) is 0 Å². The first-order chi connectivity index (χ1) is 10.7.